The number of benzene rings is 1. The summed E-state index contributed by atoms with van der Waals surface area (Å²) in [5, 5.41) is 3.58. The highest BCUT2D eigenvalue weighted by molar-refractivity contribution is 7.16. The predicted molar refractivity (Wildman–Crippen MR) is 112 cm³/mol. The quantitative estimate of drug-likeness (QED) is 0.717. The Morgan fingerprint density at radius 3 is 2.76 bits per heavy atom. The van der Waals surface area contributed by atoms with Crippen molar-refractivity contribution in [2.75, 3.05) is 23.4 Å². The molecule has 154 valence electrons. The van der Waals surface area contributed by atoms with Gasteiger partial charge in [-0.3, -0.25) is 14.5 Å². The van der Waals surface area contributed by atoms with Crippen LogP contribution in [0.15, 0.2) is 18.2 Å². The van der Waals surface area contributed by atoms with E-state index < -0.39 is 18.0 Å². The molecule has 1 atom stereocenters. The standard InChI is InChI=1S/C20H21ClN2O5S/c1-5-27-20(26)17-10(2)12(4)29-18(17)22-16(24)9-23-14-8-13(21)6-7-15(14)28-11(3)19(23)25/h6-8,11H,5,9H2,1-4H3,(H,22,24). The van der Waals surface area contributed by atoms with E-state index >= 15 is 0 Å². The fourth-order valence-corrected chi connectivity index (χ4v) is 4.25. The molecule has 0 spiro atoms. The van der Waals surface area contributed by atoms with Gasteiger partial charge in [0.1, 0.15) is 17.3 Å². The number of nitrogens with one attached hydrogen (secondary N) is 1. The van der Waals surface area contributed by atoms with Gasteiger partial charge in [0.2, 0.25) is 5.91 Å². The van der Waals surface area contributed by atoms with Crippen LogP contribution < -0.4 is 15.0 Å². The highest BCUT2D eigenvalue weighted by atomic mass is 35.5. The molecule has 7 nitrogen and oxygen atoms in total. The number of nitrogens with zero attached hydrogens (tertiary/aromatic N) is 1. The summed E-state index contributed by atoms with van der Waals surface area (Å²) in [6.07, 6.45) is -0.724. The third kappa shape index (κ3) is 4.23. The number of carbonyl (C=O) groups is 3. The van der Waals surface area contributed by atoms with Crippen LogP contribution in [0.25, 0.3) is 0 Å². The maximum absolute atomic E-state index is 12.8. The SMILES string of the molecule is CCOC(=O)c1c(NC(=O)CN2C(=O)C(C)Oc3ccc(Cl)cc32)sc(C)c1C. The maximum Gasteiger partial charge on any atom is 0.341 e. The molecular weight excluding hydrogens is 416 g/mol. The lowest BCUT2D eigenvalue weighted by molar-refractivity contribution is -0.127. The van der Waals surface area contributed by atoms with Gasteiger partial charge in [-0.2, -0.15) is 0 Å². The van der Waals surface area contributed by atoms with Gasteiger partial charge >= 0.3 is 5.97 Å². The lowest BCUT2D eigenvalue weighted by atomic mass is 10.1. The topological polar surface area (TPSA) is 84.9 Å². The van der Waals surface area contributed by atoms with Gasteiger partial charge in [-0.25, -0.2) is 4.79 Å². The first-order valence-electron chi connectivity index (χ1n) is 9.07. The zero-order chi connectivity index (χ0) is 21.3. The fraction of sp³-hybridized carbons (Fsp3) is 0.350. The molecule has 1 aromatic heterocycles. The van der Waals surface area contributed by atoms with Crippen molar-refractivity contribution >= 4 is 51.4 Å². The third-order valence-electron chi connectivity index (χ3n) is 4.55. The van der Waals surface area contributed by atoms with Gasteiger partial charge in [-0.15, -0.1) is 11.3 Å². The van der Waals surface area contributed by atoms with Gasteiger partial charge < -0.3 is 14.8 Å². The summed E-state index contributed by atoms with van der Waals surface area (Å²) in [4.78, 5) is 39.9. The van der Waals surface area contributed by atoms with Crippen molar-refractivity contribution in [2.24, 2.45) is 0 Å². The summed E-state index contributed by atoms with van der Waals surface area (Å²) in [6.45, 7) is 7.01. The highest BCUT2D eigenvalue weighted by Crippen LogP contribution is 2.37. The van der Waals surface area contributed by atoms with E-state index in [9.17, 15) is 14.4 Å². The smallest absolute Gasteiger partial charge is 0.341 e. The normalized spacial score (nSPS) is 15.6. The van der Waals surface area contributed by atoms with Crippen LogP contribution in [0.4, 0.5) is 10.7 Å². The molecule has 0 bridgehead atoms. The lowest BCUT2D eigenvalue weighted by Gasteiger charge is -2.32. The van der Waals surface area contributed by atoms with Crippen molar-refractivity contribution < 1.29 is 23.9 Å². The molecule has 1 aliphatic rings. The number of rotatable bonds is 5. The van der Waals surface area contributed by atoms with E-state index in [2.05, 4.69) is 5.32 Å². The second-order valence-electron chi connectivity index (χ2n) is 6.55. The second-order valence-corrected chi connectivity index (χ2v) is 8.21. The number of esters is 1. The zero-order valence-corrected chi connectivity index (χ0v) is 18.1. The molecule has 1 N–H and O–H groups in total. The molecule has 1 unspecified atom stereocenters. The number of fused-ring (bicyclic) bond motifs is 1. The van der Waals surface area contributed by atoms with Crippen LogP contribution in [-0.2, 0) is 14.3 Å². The van der Waals surface area contributed by atoms with E-state index in [1.54, 1.807) is 39.0 Å². The zero-order valence-electron chi connectivity index (χ0n) is 16.5. The van der Waals surface area contributed by atoms with Crippen molar-refractivity contribution in [1.82, 2.24) is 0 Å². The summed E-state index contributed by atoms with van der Waals surface area (Å²) in [5.41, 5.74) is 1.53. The largest absolute Gasteiger partial charge is 0.479 e. The Hall–Kier alpha value is -2.58. The molecule has 0 fully saturated rings. The summed E-state index contributed by atoms with van der Waals surface area (Å²) < 4.78 is 10.7. The van der Waals surface area contributed by atoms with Crippen LogP contribution in [0.1, 0.15) is 34.6 Å². The molecule has 2 heterocycles. The van der Waals surface area contributed by atoms with E-state index in [4.69, 9.17) is 21.1 Å². The number of anilines is 2. The van der Waals surface area contributed by atoms with Gasteiger partial charge in [0.15, 0.2) is 6.10 Å². The van der Waals surface area contributed by atoms with Crippen LogP contribution in [0, 0.1) is 13.8 Å². The number of thiophene rings is 1. The van der Waals surface area contributed by atoms with E-state index in [0.717, 1.165) is 10.4 Å². The predicted octanol–water partition coefficient (Wildman–Crippen LogP) is 3.95. The van der Waals surface area contributed by atoms with Gasteiger partial charge in [-0.1, -0.05) is 11.6 Å². The maximum atomic E-state index is 12.8. The molecule has 29 heavy (non-hydrogen) atoms. The van der Waals surface area contributed by atoms with Gasteiger partial charge in [0.05, 0.1) is 17.9 Å². The van der Waals surface area contributed by atoms with E-state index in [1.165, 1.54) is 16.2 Å². The number of aryl methyl sites for hydroxylation is 1. The summed E-state index contributed by atoms with van der Waals surface area (Å²) in [5.74, 6) is -0.800. The van der Waals surface area contributed by atoms with E-state index in [1.807, 2.05) is 6.92 Å². The van der Waals surface area contributed by atoms with Crippen molar-refractivity contribution in [3.05, 3.63) is 39.2 Å². The lowest BCUT2D eigenvalue weighted by Crippen LogP contribution is -2.47. The molecule has 1 aromatic carbocycles. The average Bonchev–Trinajstić information content (AvgIpc) is 2.93. The molecule has 1 aliphatic heterocycles. The molecule has 2 amide bonds. The minimum absolute atomic E-state index is 0.234. The van der Waals surface area contributed by atoms with E-state index in [-0.39, 0.29) is 19.1 Å². The summed E-state index contributed by atoms with van der Waals surface area (Å²) >= 11 is 7.35. The molecule has 0 saturated carbocycles. The molecule has 0 saturated heterocycles. The number of hydrogen-bond donors (Lipinski definition) is 1. The third-order valence-corrected chi connectivity index (χ3v) is 5.91. The molecule has 3 rings (SSSR count). The molecule has 9 heteroatoms. The summed E-state index contributed by atoms with van der Waals surface area (Å²) in [6, 6.07) is 4.90. The first-order chi connectivity index (χ1) is 13.7. The number of carbonyl (C=O) groups excluding carboxylic acids is 3. The van der Waals surface area contributed by atoms with Crippen LogP contribution in [-0.4, -0.2) is 37.0 Å². The monoisotopic (exact) mass is 436 g/mol. The first kappa shape index (κ1) is 21.1. The molecule has 0 aliphatic carbocycles. The molecular formula is C20H21ClN2O5S. The minimum atomic E-state index is -0.724. The van der Waals surface area contributed by atoms with Crippen LogP contribution in [0.3, 0.4) is 0 Å². The molecule has 2 aromatic rings. The van der Waals surface area contributed by atoms with Crippen LogP contribution in [0.5, 0.6) is 5.75 Å². The van der Waals surface area contributed by atoms with Crippen molar-refractivity contribution in [3.8, 4) is 5.75 Å². The van der Waals surface area contributed by atoms with Gasteiger partial charge in [0, 0.05) is 9.90 Å². The van der Waals surface area contributed by atoms with E-state index in [0.29, 0.717) is 27.0 Å². The Balaban J connectivity index is 1.85. The minimum Gasteiger partial charge on any atom is -0.479 e. The number of amides is 2. The van der Waals surface area contributed by atoms with Gasteiger partial charge in [-0.05, 0) is 51.5 Å². The Morgan fingerprint density at radius 1 is 1.34 bits per heavy atom. The van der Waals surface area contributed by atoms with Crippen molar-refractivity contribution in [3.63, 3.8) is 0 Å². The fourth-order valence-electron chi connectivity index (χ4n) is 3.02. The first-order valence-corrected chi connectivity index (χ1v) is 10.3. The van der Waals surface area contributed by atoms with Gasteiger partial charge in [0.25, 0.3) is 5.91 Å². The molecule has 0 radical (unpaired) electrons. The van der Waals surface area contributed by atoms with Crippen molar-refractivity contribution in [2.45, 2.75) is 33.8 Å². The Morgan fingerprint density at radius 2 is 2.07 bits per heavy atom. The Kier molecular flexibility index (Phi) is 6.14. The Bertz CT molecular complexity index is 987. The average molecular weight is 437 g/mol. The Labute approximate surface area is 177 Å². The van der Waals surface area contributed by atoms with Crippen molar-refractivity contribution in [1.29, 1.82) is 0 Å². The van der Waals surface area contributed by atoms with Crippen LogP contribution in [0.2, 0.25) is 5.02 Å². The summed E-state index contributed by atoms with van der Waals surface area (Å²) in [7, 11) is 0. The number of halogens is 1. The highest BCUT2D eigenvalue weighted by Gasteiger charge is 2.33. The number of hydrogen-bond acceptors (Lipinski definition) is 6. The number of ether oxygens (including phenoxy) is 2. The van der Waals surface area contributed by atoms with Crippen LogP contribution >= 0.6 is 22.9 Å². The second kappa shape index (κ2) is 8.42.